The molecule has 0 atom stereocenters. The van der Waals surface area contributed by atoms with Crippen molar-refractivity contribution in [1.29, 1.82) is 0 Å². The van der Waals surface area contributed by atoms with Gasteiger partial charge in [-0.05, 0) is 39.8 Å². The first-order chi connectivity index (χ1) is 9.10. The van der Waals surface area contributed by atoms with E-state index in [2.05, 4.69) is 0 Å². The van der Waals surface area contributed by atoms with E-state index in [1.807, 2.05) is 13.8 Å². The van der Waals surface area contributed by atoms with Crippen molar-refractivity contribution < 1.29 is 17.9 Å². The lowest BCUT2D eigenvalue weighted by Gasteiger charge is -2.30. The average Bonchev–Trinajstić information content (AvgIpc) is 2.27. The van der Waals surface area contributed by atoms with Crippen LogP contribution in [0.1, 0.15) is 27.7 Å². The number of halogens is 3. The molecule has 0 saturated heterocycles. The minimum atomic E-state index is -4.26. The summed E-state index contributed by atoms with van der Waals surface area (Å²) in [5.74, 6) is 0.408. The van der Waals surface area contributed by atoms with Gasteiger partial charge in [-0.1, -0.05) is 0 Å². The first-order valence-electron chi connectivity index (χ1n) is 6.49. The standard InChI is InChI=1S/C14H21F3N2O/c1-9(2)19(8-14(15,16)17)11-5-6-12(18)13(7-11)20-10(3)4/h5-7,9-10H,8,18H2,1-4H3. The molecule has 0 fully saturated rings. The number of rotatable bonds is 5. The fourth-order valence-corrected chi connectivity index (χ4v) is 1.82. The Labute approximate surface area is 117 Å². The van der Waals surface area contributed by atoms with Crippen LogP contribution in [0.4, 0.5) is 24.5 Å². The lowest BCUT2D eigenvalue weighted by molar-refractivity contribution is -0.120. The fourth-order valence-electron chi connectivity index (χ4n) is 1.82. The topological polar surface area (TPSA) is 38.5 Å². The lowest BCUT2D eigenvalue weighted by Crippen LogP contribution is -2.39. The highest BCUT2D eigenvalue weighted by molar-refractivity contribution is 5.62. The third-order valence-electron chi connectivity index (χ3n) is 2.66. The van der Waals surface area contributed by atoms with Crippen LogP contribution in [0.3, 0.4) is 0 Å². The molecule has 114 valence electrons. The number of nitrogens with two attached hydrogens (primary N) is 1. The predicted octanol–water partition coefficient (Wildman–Crippen LogP) is 3.83. The van der Waals surface area contributed by atoms with Gasteiger partial charge in [0, 0.05) is 17.8 Å². The maximum Gasteiger partial charge on any atom is 0.405 e. The van der Waals surface area contributed by atoms with Gasteiger partial charge in [0.15, 0.2) is 0 Å². The smallest absolute Gasteiger partial charge is 0.405 e. The zero-order valence-electron chi connectivity index (χ0n) is 12.2. The van der Waals surface area contributed by atoms with Crippen LogP contribution in [0, 0.1) is 0 Å². The van der Waals surface area contributed by atoms with E-state index in [9.17, 15) is 13.2 Å². The van der Waals surface area contributed by atoms with Gasteiger partial charge in [0.05, 0.1) is 11.8 Å². The van der Waals surface area contributed by atoms with Crippen LogP contribution in [-0.2, 0) is 0 Å². The van der Waals surface area contributed by atoms with E-state index in [1.54, 1.807) is 32.0 Å². The second-order valence-electron chi connectivity index (χ2n) is 5.23. The van der Waals surface area contributed by atoms with Crippen molar-refractivity contribution in [3.8, 4) is 5.75 Å². The summed E-state index contributed by atoms with van der Waals surface area (Å²) in [4.78, 5) is 1.27. The molecule has 0 heterocycles. The van der Waals surface area contributed by atoms with Crippen LogP contribution in [0.25, 0.3) is 0 Å². The highest BCUT2D eigenvalue weighted by Crippen LogP contribution is 2.31. The Bertz CT molecular complexity index is 445. The van der Waals surface area contributed by atoms with E-state index >= 15 is 0 Å². The van der Waals surface area contributed by atoms with E-state index in [1.165, 1.54) is 4.90 Å². The number of alkyl halides is 3. The van der Waals surface area contributed by atoms with Crippen LogP contribution >= 0.6 is 0 Å². The third-order valence-corrected chi connectivity index (χ3v) is 2.66. The van der Waals surface area contributed by atoms with Gasteiger partial charge >= 0.3 is 6.18 Å². The van der Waals surface area contributed by atoms with Gasteiger partial charge in [-0.25, -0.2) is 0 Å². The largest absolute Gasteiger partial charge is 0.489 e. The molecular weight excluding hydrogens is 269 g/mol. The quantitative estimate of drug-likeness (QED) is 0.837. The van der Waals surface area contributed by atoms with Crippen molar-refractivity contribution in [3.63, 3.8) is 0 Å². The molecule has 1 aromatic rings. The third kappa shape index (κ3) is 4.83. The number of hydrogen-bond acceptors (Lipinski definition) is 3. The summed E-state index contributed by atoms with van der Waals surface area (Å²) in [5.41, 5.74) is 6.64. The van der Waals surface area contributed by atoms with Crippen molar-refractivity contribution in [2.45, 2.75) is 46.0 Å². The molecule has 0 saturated carbocycles. The summed E-state index contributed by atoms with van der Waals surface area (Å²) in [6.45, 7) is 6.09. The lowest BCUT2D eigenvalue weighted by atomic mass is 10.2. The van der Waals surface area contributed by atoms with Crippen molar-refractivity contribution in [1.82, 2.24) is 0 Å². The zero-order valence-corrected chi connectivity index (χ0v) is 12.2. The van der Waals surface area contributed by atoms with Crippen molar-refractivity contribution in [2.75, 3.05) is 17.2 Å². The molecule has 6 heteroatoms. The zero-order chi connectivity index (χ0) is 15.5. The minimum absolute atomic E-state index is 0.0948. The van der Waals surface area contributed by atoms with Gasteiger partial charge in [-0.15, -0.1) is 0 Å². The van der Waals surface area contributed by atoms with Crippen LogP contribution < -0.4 is 15.4 Å². The highest BCUT2D eigenvalue weighted by atomic mass is 19.4. The van der Waals surface area contributed by atoms with Crippen LogP contribution in [-0.4, -0.2) is 24.9 Å². The molecule has 0 spiro atoms. The van der Waals surface area contributed by atoms with Gasteiger partial charge in [-0.3, -0.25) is 0 Å². The summed E-state index contributed by atoms with van der Waals surface area (Å²) in [6.07, 6.45) is -4.35. The molecule has 0 radical (unpaired) electrons. The van der Waals surface area contributed by atoms with Gasteiger partial charge in [-0.2, -0.15) is 13.2 Å². The molecule has 2 N–H and O–H groups in total. The maximum atomic E-state index is 12.6. The van der Waals surface area contributed by atoms with Gasteiger partial charge in [0.25, 0.3) is 0 Å². The molecule has 0 unspecified atom stereocenters. The summed E-state index contributed by atoms with van der Waals surface area (Å²) in [6, 6.07) is 4.42. The van der Waals surface area contributed by atoms with Crippen molar-refractivity contribution in [3.05, 3.63) is 18.2 Å². The molecule has 20 heavy (non-hydrogen) atoms. The molecule has 3 nitrogen and oxygen atoms in total. The average molecular weight is 290 g/mol. The summed E-state index contributed by atoms with van der Waals surface area (Å²) < 4.78 is 43.4. The van der Waals surface area contributed by atoms with E-state index in [4.69, 9.17) is 10.5 Å². The second-order valence-corrected chi connectivity index (χ2v) is 5.23. The Morgan fingerprint density at radius 1 is 1.20 bits per heavy atom. The monoisotopic (exact) mass is 290 g/mol. The maximum absolute atomic E-state index is 12.6. The number of nitrogens with zero attached hydrogens (tertiary/aromatic N) is 1. The number of nitrogen functional groups attached to an aromatic ring is 1. The summed E-state index contributed by atoms with van der Waals surface area (Å²) in [7, 11) is 0. The molecule has 0 aliphatic carbocycles. The molecule has 0 bridgehead atoms. The summed E-state index contributed by atoms with van der Waals surface area (Å²) >= 11 is 0. The normalized spacial score (nSPS) is 12.1. The van der Waals surface area contributed by atoms with Gasteiger partial charge < -0.3 is 15.4 Å². The number of ether oxygens (including phenoxy) is 1. The molecule has 0 aromatic heterocycles. The van der Waals surface area contributed by atoms with E-state index in [-0.39, 0.29) is 12.1 Å². The van der Waals surface area contributed by atoms with Crippen LogP contribution in [0.5, 0.6) is 5.75 Å². The summed E-state index contributed by atoms with van der Waals surface area (Å²) in [5, 5.41) is 0. The van der Waals surface area contributed by atoms with E-state index < -0.39 is 12.7 Å². The minimum Gasteiger partial charge on any atom is -0.489 e. The number of benzene rings is 1. The molecule has 0 aliphatic heterocycles. The Morgan fingerprint density at radius 2 is 1.80 bits per heavy atom. The highest BCUT2D eigenvalue weighted by Gasteiger charge is 2.32. The Hall–Kier alpha value is -1.59. The molecular formula is C14H21F3N2O. The number of anilines is 2. The van der Waals surface area contributed by atoms with E-state index in [0.717, 1.165) is 0 Å². The van der Waals surface area contributed by atoms with Crippen LogP contribution in [0.15, 0.2) is 18.2 Å². The molecule has 1 rings (SSSR count). The van der Waals surface area contributed by atoms with Crippen molar-refractivity contribution in [2.24, 2.45) is 0 Å². The molecule has 0 amide bonds. The first kappa shape index (κ1) is 16.5. The first-order valence-corrected chi connectivity index (χ1v) is 6.49. The Morgan fingerprint density at radius 3 is 2.25 bits per heavy atom. The van der Waals surface area contributed by atoms with Crippen LogP contribution in [0.2, 0.25) is 0 Å². The predicted molar refractivity (Wildman–Crippen MR) is 75.2 cm³/mol. The fraction of sp³-hybridized carbons (Fsp3) is 0.571. The van der Waals surface area contributed by atoms with Gasteiger partial charge in [0.2, 0.25) is 0 Å². The second kappa shape index (κ2) is 6.24. The Kier molecular flexibility index (Phi) is 5.14. The number of hydrogen-bond donors (Lipinski definition) is 1. The molecule has 1 aromatic carbocycles. The van der Waals surface area contributed by atoms with Crippen molar-refractivity contribution >= 4 is 11.4 Å². The van der Waals surface area contributed by atoms with Gasteiger partial charge in [0.1, 0.15) is 12.3 Å². The Balaban J connectivity index is 3.08. The SMILES string of the molecule is CC(C)Oc1cc(N(CC(F)(F)F)C(C)C)ccc1N. The van der Waals surface area contributed by atoms with E-state index in [0.29, 0.717) is 17.1 Å². The molecule has 0 aliphatic rings.